The first-order chi connectivity index (χ1) is 28.3. The molecule has 0 radical (unpaired) electrons. The standard InChI is InChI=1S/C13H10O2.C8H8O2.C8H8O.C7H5ClO.C6H5NO.C5H4OS/c14-10-11-5-4-8-13(9-11)15-12-6-2-1-3-7-12;1-10-8-4-2-7(6-9)3-5-8;1-7-3-2-4-8(5-7)6-9;8-7-3-1-2-6(4-7)5-9;8-5-6-1-3-7-4-2-6;6-4-5-2-1-3-7-5/h1-10H;2-6H,1H3;2-6H,1H3;1-5H;1-5H;1-4H. The van der Waals surface area contributed by atoms with Crippen molar-refractivity contribution in [2.45, 2.75) is 6.92 Å². The minimum absolute atomic E-state index is 0.597. The molecule has 0 aliphatic heterocycles. The maximum Gasteiger partial charge on any atom is 0.159 e. The largest absolute Gasteiger partial charge is 0.497 e. The Bertz CT molecular complexity index is 2180. The number of para-hydroxylation sites is 1. The summed E-state index contributed by atoms with van der Waals surface area (Å²) >= 11 is 7.02. The van der Waals surface area contributed by atoms with Crippen LogP contribution in [0.3, 0.4) is 0 Å². The molecule has 5 aromatic carbocycles. The van der Waals surface area contributed by atoms with E-state index in [0.717, 1.165) is 65.2 Å². The summed E-state index contributed by atoms with van der Waals surface area (Å²) in [4.78, 5) is 65.4. The summed E-state index contributed by atoms with van der Waals surface area (Å²) in [6, 6.07) is 44.7. The van der Waals surface area contributed by atoms with Gasteiger partial charge < -0.3 is 9.47 Å². The topological polar surface area (TPSA) is 134 Å². The van der Waals surface area contributed by atoms with Gasteiger partial charge in [-0.2, -0.15) is 0 Å². The van der Waals surface area contributed by atoms with Crippen LogP contribution in [0.25, 0.3) is 0 Å². The third kappa shape index (κ3) is 20.5. The number of carbonyl (C=O) groups is 6. The van der Waals surface area contributed by atoms with Crippen LogP contribution in [-0.2, 0) is 0 Å². The predicted octanol–water partition coefficient (Wildman–Crippen LogP) is 11.2. The van der Waals surface area contributed by atoms with Crippen molar-refractivity contribution in [3.05, 3.63) is 213 Å². The molecule has 9 nitrogen and oxygen atoms in total. The van der Waals surface area contributed by atoms with Gasteiger partial charge in [-0.1, -0.05) is 83.9 Å². The third-order valence-electron chi connectivity index (χ3n) is 6.89. The number of pyridine rings is 1. The first-order valence-electron chi connectivity index (χ1n) is 17.2. The number of rotatable bonds is 9. The molecular formula is C47H40ClNO8S. The Labute approximate surface area is 346 Å². The molecule has 7 rings (SSSR count). The van der Waals surface area contributed by atoms with E-state index in [1.54, 1.807) is 110 Å². The van der Waals surface area contributed by atoms with Crippen LogP contribution in [-0.4, -0.2) is 49.8 Å². The lowest BCUT2D eigenvalue weighted by atomic mass is 10.2. The first kappa shape index (κ1) is 47.0. The lowest BCUT2D eigenvalue weighted by Crippen LogP contribution is -1.85. The Kier molecular flexibility index (Phi) is 23.7. The van der Waals surface area contributed by atoms with Crippen molar-refractivity contribution in [3.63, 3.8) is 0 Å². The Morgan fingerprint density at radius 1 is 0.483 bits per heavy atom. The Morgan fingerprint density at radius 2 is 1.02 bits per heavy atom. The molecular weight excluding hydrogens is 774 g/mol. The number of aryl methyl sites for hydroxylation is 1. The molecule has 11 heteroatoms. The summed E-state index contributed by atoms with van der Waals surface area (Å²) in [5.41, 5.74) is 4.43. The van der Waals surface area contributed by atoms with Crippen molar-refractivity contribution in [1.82, 2.24) is 4.98 Å². The molecule has 0 bridgehead atoms. The normalized spacial score (nSPS) is 9.02. The summed E-state index contributed by atoms with van der Waals surface area (Å²) in [6.07, 6.45) is 8.05. The van der Waals surface area contributed by atoms with Crippen molar-refractivity contribution in [3.8, 4) is 17.2 Å². The molecule has 0 spiro atoms. The van der Waals surface area contributed by atoms with Gasteiger partial charge in [0.15, 0.2) is 6.29 Å². The fourth-order valence-corrected chi connectivity index (χ4v) is 4.81. The minimum Gasteiger partial charge on any atom is -0.497 e. The highest BCUT2D eigenvalue weighted by Crippen LogP contribution is 2.21. The van der Waals surface area contributed by atoms with Crippen LogP contribution in [0.15, 0.2) is 169 Å². The third-order valence-corrected chi connectivity index (χ3v) is 7.92. The second-order valence-electron chi connectivity index (χ2n) is 11.2. The molecule has 0 saturated carbocycles. The van der Waals surface area contributed by atoms with E-state index in [-0.39, 0.29) is 0 Å². The van der Waals surface area contributed by atoms with E-state index in [9.17, 15) is 28.8 Å². The molecule has 2 heterocycles. The monoisotopic (exact) mass is 813 g/mol. The van der Waals surface area contributed by atoms with Crippen molar-refractivity contribution in [2.75, 3.05) is 7.11 Å². The van der Waals surface area contributed by atoms with Gasteiger partial charge in [0, 0.05) is 45.2 Å². The maximum atomic E-state index is 10.6. The number of hydrogen-bond donors (Lipinski definition) is 0. The van der Waals surface area contributed by atoms with Crippen LogP contribution in [0.2, 0.25) is 5.02 Å². The summed E-state index contributed by atoms with van der Waals surface area (Å²) in [5.74, 6) is 2.21. The highest BCUT2D eigenvalue weighted by Gasteiger charge is 1.97. The van der Waals surface area contributed by atoms with E-state index in [1.165, 1.54) is 11.3 Å². The molecule has 7 aromatic rings. The number of benzene rings is 5. The molecule has 0 N–H and O–H groups in total. The number of methoxy groups -OCH3 is 1. The average molecular weight is 814 g/mol. The molecule has 0 aliphatic carbocycles. The van der Waals surface area contributed by atoms with Crippen molar-refractivity contribution >= 4 is 60.7 Å². The van der Waals surface area contributed by atoms with E-state index in [0.29, 0.717) is 33.0 Å². The molecule has 2 aromatic heterocycles. The number of carbonyl (C=O) groups excluding carboxylic acids is 6. The van der Waals surface area contributed by atoms with Gasteiger partial charge in [0.25, 0.3) is 0 Å². The maximum absolute atomic E-state index is 10.6. The van der Waals surface area contributed by atoms with Gasteiger partial charge in [0.2, 0.25) is 0 Å². The number of nitrogens with zero attached hydrogens (tertiary/aromatic N) is 1. The highest BCUT2D eigenvalue weighted by molar-refractivity contribution is 7.11. The molecule has 58 heavy (non-hydrogen) atoms. The van der Waals surface area contributed by atoms with Gasteiger partial charge >= 0.3 is 0 Å². The fourth-order valence-electron chi connectivity index (χ4n) is 4.08. The molecule has 294 valence electrons. The van der Waals surface area contributed by atoms with Crippen molar-refractivity contribution in [1.29, 1.82) is 0 Å². The summed E-state index contributed by atoms with van der Waals surface area (Å²) in [7, 11) is 1.59. The molecule has 0 saturated heterocycles. The number of hydrogen-bond acceptors (Lipinski definition) is 10. The molecule has 0 unspecified atom stereocenters. The van der Waals surface area contributed by atoms with Gasteiger partial charge in [-0.15, -0.1) is 11.3 Å². The average Bonchev–Trinajstić information content (AvgIpc) is 3.83. The van der Waals surface area contributed by atoms with Gasteiger partial charge in [0.1, 0.15) is 48.7 Å². The molecule has 0 aliphatic rings. The molecule has 0 amide bonds. The number of aromatic nitrogens is 1. The van der Waals surface area contributed by atoms with Crippen LogP contribution in [0.1, 0.15) is 67.0 Å². The Morgan fingerprint density at radius 3 is 1.47 bits per heavy atom. The summed E-state index contributed by atoms with van der Waals surface area (Å²) < 4.78 is 10.5. The van der Waals surface area contributed by atoms with Gasteiger partial charge in [-0.3, -0.25) is 33.8 Å². The second kappa shape index (κ2) is 29.2. The van der Waals surface area contributed by atoms with Crippen LogP contribution in [0.4, 0.5) is 0 Å². The number of halogens is 1. The zero-order valence-electron chi connectivity index (χ0n) is 31.6. The van der Waals surface area contributed by atoms with Crippen molar-refractivity contribution in [2.24, 2.45) is 0 Å². The smallest absolute Gasteiger partial charge is 0.159 e. The van der Waals surface area contributed by atoms with Gasteiger partial charge in [-0.25, -0.2) is 0 Å². The highest BCUT2D eigenvalue weighted by atomic mass is 35.5. The van der Waals surface area contributed by atoms with Gasteiger partial charge in [-0.05, 0) is 97.2 Å². The van der Waals surface area contributed by atoms with Crippen LogP contribution >= 0.6 is 22.9 Å². The SMILES string of the molecule is COc1ccc(C=O)cc1.Cc1cccc(C=O)c1.O=Cc1cccc(Cl)c1.O=Cc1cccc(Oc2ccccc2)c1.O=Cc1cccs1.O=Cc1ccncc1. The lowest BCUT2D eigenvalue weighted by molar-refractivity contribution is 0.111. The number of thiophene rings is 1. The van der Waals surface area contributed by atoms with E-state index in [1.807, 2.05) is 73.0 Å². The fraction of sp³-hybridized carbons (Fsp3) is 0.0426. The number of aldehydes is 6. The Hall–Kier alpha value is -7.14. The van der Waals surface area contributed by atoms with E-state index < -0.39 is 0 Å². The van der Waals surface area contributed by atoms with Crippen molar-refractivity contribution < 1.29 is 38.2 Å². The van der Waals surface area contributed by atoms with Gasteiger partial charge in [0.05, 0.1) is 12.0 Å². The molecule has 0 fully saturated rings. The van der Waals surface area contributed by atoms with Crippen LogP contribution in [0, 0.1) is 6.92 Å². The van der Waals surface area contributed by atoms with Crippen LogP contribution in [0.5, 0.6) is 17.2 Å². The zero-order valence-corrected chi connectivity index (χ0v) is 33.2. The second-order valence-corrected chi connectivity index (χ2v) is 12.6. The first-order valence-corrected chi connectivity index (χ1v) is 18.5. The summed E-state index contributed by atoms with van der Waals surface area (Å²) in [5, 5.41) is 2.48. The number of ether oxygens (including phenoxy) is 2. The lowest BCUT2D eigenvalue weighted by Gasteiger charge is -2.04. The Balaban J connectivity index is 0.000000245. The minimum atomic E-state index is 0.597. The van der Waals surface area contributed by atoms with E-state index in [2.05, 4.69) is 4.98 Å². The quantitative estimate of drug-likeness (QED) is 0.131. The zero-order chi connectivity index (χ0) is 42.2. The van der Waals surface area contributed by atoms with Crippen LogP contribution < -0.4 is 9.47 Å². The predicted molar refractivity (Wildman–Crippen MR) is 229 cm³/mol. The summed E-state index contributed by atoms with van der Waals surface area (Å²) in [6.45, 7) is 1.97. The molecule has 0 atom stereocenters. The van der Waals surface area contributed by atoms with E-state index in [4.69, 9.17) is 21.1 Å². The van der Waals surface area contributed by atoms with E-state index >= 15 is 0 Å².